The highest BCUT2D eigenvalue weighted by Crippen LogP contribution is 2.24. The van der Waals surface area contributed by atoms with Crippen LogP contribution in [0.3, 0.4) is 0 Å². The van der Waals surface area contributed by atoms with Gasteiger partial charge in [0.1, 0.15) is 0 Å². The zero-order valence-corrected chi connectivity index (χ0v) is 10.6. The van der Waals surface area contributed by atoms with E-state index in [9.17, 15) is 23.4 Å². The second-order valence-electron chi connectivity index (χ2n) is 4.26. The molecule has 0 spiro atoms. The van der Waals surface area contributed by atoms with Crippen LogP contribution in [0.5, 0.6) is 0 Å². The summed E-state index contributed by atoms with van der Waals surface area (Å²) in [4.78, 5) is 10.7. The fourth-order valence-corrected chi connectivity index (χ4v) is 3.60. The minimum Gasteiger partial charge on any atom is -0.478 e. The summed E-state index contributed by atoms with van der Waals surface area (Å²) in [7, 11) is -4.05. The van der Waals surface area contributed by atoms with E-state index in [0.717, 1.165) is 4.31 Å². The molecule has 0 bridgehead atoms. The average molecular weight is 287 g/mol. The van der Waals surface area contributed by atoms with Crippen molar-refractivity contribution < 1.29 is 28.5 Å². The molecule has 104 valence electrons. The van der Waals surface area contributed by atoms with Crippen molar-refractivity contribution in [2.75, 3.05) is 13.1 Å². The van der Waals surface area contributed by atoms with Gasteiger partial charge in [-0.05, 0) is 12.1 Å². The summed E-state index contributed by atoms with van der Waals surface area (Å²) in [6.07, 6.45) is -2.32. The molecular weight excluding hydrogens is 274 g/mol. The molecule has 0 amide bonds. The summed E-state index contributed by atoms with van der Waals surface area (Å²) in [6, 6.07) is 5.23. The second-order valence-corrected chi connectivity index (χ2v) is 6.16. The number of benzene rings is 1. The van der Waals surface area contributed by atoms with Crippen molar-refractivity contribution in [3.05, 3.63) is 29.8 Å². The molecule has 1 heterocycles. The highest BCUT2D eigenvalue weighted by Gasteiger charge is 2.38. The molecule has 1 saturated heterocycles. The lowest BCUT2D eigenvalue weighted by Gasteiger charge is -2.16. The van der Waals surface area contributed by atoms with Crippen LogP contribution in [0.2, 0.25) is 0 Å². The first-order chi connectivity index (χ1) is 8.84. The molecule has 0 aliphatic carbocycles. The molecule has 8 heteroatoms. The Balaban J connectivity index is 2.44. The molecule has 2 rings (SSSR count). The fourth-order valence-electron chi connectivity index (χ4n) is 1.94. The molecule has 1 fully saturated rings. The smallest absolute Gasteiger partial charge is 0.337 e. The van der Waals surface area contributed by atoms with Crippen LogP contribution < -0.4 is 0 Å². The molecule has 1 aliphatic heterocycles. The van der Waals surface area contributed by atoms with Gasteiger partial charge in [0.05, 0.1) is 22.7 Å². The maximum Gasteiger partial charge on any atom is 0.337 e. The number of aliphatic hydroxyl groups excluding tert-OH is 2. The van der Waals surface area contributed by atoms with Crippen molar-refractivity contribution in [3.8, 4) is 0 Å². The van der Waals surface area contributed by atoms with E-state index in [-0.39, 0.29) is 23.5 Å². The van der Waals surface area contributed by atoms with Crippen LogP contribution >= 0.6 is 0 Å². The number of carbonyl (C=O) groups is 1. The number of hydrogen-bond acceptors (Lipinski definition) is 5. The van der Waals surface area contributed by atoms with Crippen molar-refractivity contribution in [2.24, 2.45) is 0 Å². The Kier molecular flexibility index (Phi) is 3.59. The fraction of sp³-hybridized carbons (Fsp3) is 0.364. The van der Waals surface area contributed by atoms with E-state index in [0.29, 0.717) is 0 Å². The number of carboxylic acid groups (broad SMARTS) is 1. The number of aromatic carboxylic acids is 1. The quantitative estimate of drug-likeness (QED) is 0.664. The normalized spacial score (nSPS) is 24.5. The summed E-state index contributed by atoms with van der Waals surface area (Å²) < 4.78 is 25.5. The van der Waals surface area contributed by atoms with Crippen LogP contribution in [0, 0.1) is 0 Å². The zero-order valence-electron chi connectivity index (χ0n) is 9.80. The first kappa shape index (κ1) is 13.9. The molecule has 2 atom stereocenters. The van der Waals surface area contributed by atoms with Crippen molar-refractivity contribution >= 4 is 16.0 Å². The number of aliphatic hydroxyl groups is 2. The van der Waals surface area contributed by atoms with Crippen LogP contribution in [0.4, 0.5) is 0 Å². The largest absolute Gasteiger partial charge is 0.478 e. The Morgan fingerprint density at radius 1 is 1.16 bits per heavy atom. The van der Waals surface area contributed by atoms with Gasteiger partial charge in [0.2, 0.25) is 10.0 Å². The van der Waals surface area contributed by atoms with E-state index < -0.39 is 28.2 Å². The minimum absolute atomic E-state index is 0.253. The van der Waals surface area contributed by atoms with E-state index in [1.807, 2.05) is 0 Å². The Morgan fingerprint density at radius 3 is 2.21 bits per heavy atom. The van der Waals surface area contributed by atoms with E-state index in [1.165, 1.54) is 24.3 Å². The van der Waals surface area contributed by atoms with Crippen molar-refractivity contribution in [1.82, 2.24) is 4.31 Å². The van der Waals surface area contributed by atoms with Crippen molar-refractivity contribution in [3.63, 3.8) is 0 Å². The molecule has 1 aliphatic rings. The summed E-state index contributed by atoms with van der Waals surface area (Å²) in [5, 5.41) is 27.8. The zero-order chi connectivity index (χ0) is 14.2. The second kappa shape index (κ2) is 4.89. The Labute approximate surface area is 109 Å². The number of β-amino-alcohol motifs (C(OH)–C–C–N with tert-alkyl or cyclic N) is 2. The van der Waals surface area contributed by atoms with Crippen LogP contribution in [0.1, 0.15) is 10.4 Å². The standard InChI is InChI=1S/C11H13NO6S/c13-8-5-12(6-9(8)14)19(17,18)10-4-2-1-3-7(10)11(15)16/h1-4,8-9,13-14H,5-6H2,(H,15,16)/t8-,9+. The first-order valence-corrected chi connectivity index (χ1v) is 6.96. The summed E-state index contributed by atoms with van der Waals surface area (Å²) in [5.41, 5.74) is -0.335. The van der Waals surface area contributed by atoms with Gasteiger partial charge in [0.15, 0.2) is 0 Å². The molecule has 0 aromatic heterocycles. The predicted molar refractivity (Wildman–Crippen MR) is 64.2 cm³/mol. The number of nitrogens with zero attached hydrogens (tertiary/aromatic N) is 1. The maximum atomic E-state index is 12.3. The van der Waals surface area contributed by atoms with Gasteiger partial charge in [0, 0.05) is 13.1 Å². The topological polar surface area (TPSA) is 115 Å². The van der Waals surface area contributed by atoms with E-state index >= 15 is 0 Å². The molecule has 0 unspecified atom stereocenters. The first-order valence-electron chi connectivity index (χ1n) is 5.52. The van der Waals surface area contributed by atoms with Gasteiger partial charge in [0.25, 0.3) is 0 Å². The SMILES string of the molecule is O=C(O)c1ccccc1S(=O)(=O)N1C[C@@H](O)[C@@H](O)C1. The van der Waals surface area contributed by atoms with Gasteiger partial charge in [-0.1, -0.05) is 12.1 Å². The lowest BCUT2D eigenvalue weighted by Crippen LogP contribution is -2.31. The Bertz CT molecular complexity index is 589. The highest BCUT2D eigenvalue weighted by molar-refractivity contribution is 7.89. The minimum atomic E-state index is -4.05. The van der Waals surface area contributed by atoms with E-state index in [4.69, 9.17) is 5.11 Å². The van der Waals surface area contributed by atoms with Crippen molar-refractivity contribution in [2.45, 2.75) is 17.1 Å². The van der Waals surface area contributed by atoms with E-state index in [1.54, 1.807) is 0 Å². The lowest BCUT2D eigenvalue weighted by atomic mass is 10.2. The molecule has 0 saturated carbocycles. The van der Waals surface area contributed by atoms with E-state index in [2.05, 4.69) is 0 Å². The van der Waals surface area contributed by atoms with Gasteiger partial charge >= 0.3 is 5.97 Å². The van der Waals surface area contributed by atoms with Gasteiger partial charge in [-0.15, -0.1) is 0 Å². The van der Waals surface area contributed by atoms with Crippen molar-refractivity contribution in [1.29, 1.82) is 0 Å². The number of rotatable bonds is 3. The number of hydrogen-bond donors (Lipinski definition) is 3. The molecule has 1 aromatic carbocycles. The summed E-state index contributed by atoms with van der Waals surface area (Å²) in [6.45, 7) is -0.505. The monoisotopic (exact) mass is 287 g/mol. The third kappa shape index (κ3) is 2.47. The molecule has 3 N–H and O–H groups in total. The average Bonchev–Trinajstić information content (AvgIpc) is 2.70. The number of carboxylic acids is 1. The van der Waals surface area contributed by atoms with Crippen LogP contribution in [-0.4, -0.2) is 59.3 Å². The van der Waals surface area contributed by atoms with Crippen LogP contribution in [0.15, 0.2) is 29.2 Å². The maximum absolute atomic E-state index is 12.3. The molecule has 19 heavy (non-hydrogen) atoms. The lowest BCUT2D eigenvalue weighted by molar-refractivity contribution is 0.0572. The van der Waals surface area contributed by atoms with Gasteiger partial charge in [-0.3, -0.25) is 0 Å². The van der Waals surface area contributed by atoms with Crippen LogP contribution in [0.25, 0.3) is 0 Å². The summed E-state index contributed by atoms with van der Waals surface area (Å²) >= 11 is 0. The molecule has 7 nitrogen and oxygen atoms in total. The Morgan fingerprint density at radius 2 is 1.68 bits per heavy atom. The van der Waals surface area contributed by atoms with Gasteiger partial charge < -0.3 is 15.3 Å². The molecular formula is C11H13NO6S. The summed E-state index contributed by atoms with van der Waals surface area (Å²) in [5.74, 6) is -1.35. The number of sulfonamides is 1. The molecule has 1 aromatic rings. The van der Waals surface area contributed by atoms with Gasteiger partial charge in [-0.25, -0.2) is 13.2 Å². The molecule has 0 radical (unpaired) electrons. The highest BCUT2D eigenvalue weighted by atomic mass is 32.2. The predicted octanol–water partition coefficient (Wildman–Crippen LogP) is -0.889. The Hall–Kier alpha value is -1.48. The van der Waals surface area contributed by atoms with Gasteiger partial charge in [-0.2, -0.15) is 4.31 Å². The third-order valence-corrected chi connectivity index (χ3v) is 4.85. The third-order valence-electron chi connectivity index (χ3n) is 2.96. The van der Waals surface area contributed by atoms with Crippen LogP contribution in [-0.2, 0) is 10.0 Å².